The van der Waals surface area contributed by atoms with Crippen molar-refractivity contribution in [2.24, 2.45) is 5.92 Å². The van der Waals surface area contributed by atoms with Crippen LogP contribution in [0, 0.1) is 5.92 Å². The summed E-state index contributed by atoms with van der Waals surface area (Å²) in [6, 6.07) is 6.03. The molecule has 0 bridgehead atoms. The van der Waals surface area contributed by atoms with E-state index in [0.717, 1.165) is 17.6 Å². The fraction of sp³-hybridized carbons (Fsp3) is 0.333. The second kappa shape index (κ2) is 9.22. The van der Waals surface area contributed by atoms with E-state index in [9.17, 15) is 18.0 Å². The summed E-state index contributed by atoms with van der Waals surface area (Å²) >= 11 is 13.6. The molecule has 31 heavy (non-hydrogen) atoms. The van der Waals surface area contributed by atoms with Gasteiger partial charge in [-0.05, 0) is 41.8 Å². The van der Waals surface area contributed by atoms with E-state index in [0.29, 0.717) is 16.2 Å². The molecule has 10 heteroatoms. The highest BCUT2D eigenvalue weighted by atomic mass is 35.5. The molecule has 2 heterocycles. The van der Waals surface area contributed by atoms with Gasteiger partial charge in [0.15, 0.2) is 11.4 Å². The number of alkyl halides is 3. The lowest BCUT2D eigenvalue weighted by Gasteiger charge is -2.16. The van der Waals surface area contributed by atoms with E-state index in [4.69, 9.17) is 23.2 Å². The summed E-state index contributed by atoms with van der Waals surface area (Å²) in [6.07, 6.45) is -3.08. The SMILES string of the molecule is CC(C)CC(C)c1sccc1NC(=O)c1ncn(-c2c(Cl)cccc2Cl)c1C(F)(F)F. The maximum Gasteiger partial charge on any atom is 0.434 e. The Morgan fingerprint density at radius 3 is 2.42 bits per heavy atom. The van der Waals surface area contributed by atoms with Crippen LogP contribution >= 0.6 is 34.5 Å². The molecule has 166 valence electrons. The van der Waals surface area contributed by atoms with E-state index >= 15 is 0 Å². The standard InChI is InChI=1S/C21H20Cl2F3N3OS/c1-11(2)9-12(3)18-15(7-8-31-18)28-20(30)16-19(21(24,25)26)29(10-27-16)17-13(22)5-4-6-14(17)23/h4-8,10-12H,9H2,1-3H3,(H,28,30). The predicted octanol–water partition coefficient (Wildman–Crippen LogP) is 7.66. The first-order chi connectivity index (χ1) is 14.5. The molecule has 0 aliphatic rings. The number of benzene rings is 1. The molecule has 1 N–H and O–H groups in total. The molecule has 2 aromatic heterocycles. The van der Waals surface area contributed by atoms with Gasteiger partial charge in [-0.15, -0.1) is 11.3 Å². The number of anilines is 1. The van der Waals surface area contributed by atoms with Crippen LogP contribution < -0.4 is 5.32 Å². The van der Waals surface area contributed by atoms with Crippen molar-refractivity contribution in [1.29, 1.82) is 0 Å². The number of nitrogens with zero attached hydrogens (tertiary/aromatic N) is 2. The zero-order valence-corrected chi connectivity index (χ0v) is 19.3. The average molecular weight is 490 g/mol. The minimum Gasteiger partial charge on any atom is -0.320 e. The monoisotopic (exact) mass is 489 g/mol. The van der Waals surface area contributed by atoms with Crippen molar-refractivity contribution in [2.45, 2.75) is 39.3 Å². The lowest BCUT2D eigenvalue weighted by molar-refractivity contribution is -0.142. The van der Waals surface area contributed by atoms with Crippen LogP contribution in [0.4, 0.5) is 18.9 Å². The molecule has 4 nitrogen and oxygen atoms in total. The van der Waals surface area contributed by atoms with Crippen molar-refractivity contribution in [3.63, 3.8) is 0 Å². The number of amides is 1. The number of para-hydroxylation sites is 1. The first kappa shape index (κ1) is 23.6. The molecule has 1 amide bonds. The van der Waals surface area contributed by atoms with Gasteiger partial charge in [0.25, 0.3) is 5.91 Å². The Labute approximate surface area is 192 Å². The molecule has 0 saturated heterocycles. The molecule has 3 aromatic rings. The lowest BCUT2D eigenvalue weighted by atomic mass is 9.97. The summed E-state index contributed by atoms with van der Waals surface area (Å²) in [5.41, 5.74) is -1.60. The van der Waals surface area contributed by atoms with Crippen LogP contribution in [0.3, 0.4) is 0 Å². The van der Waals surface area contributed by atoms with Crippen LogP contribution in [0.25, 0.3) is 5.69 Å². The maximum absolute atomic E-state index is 14.0. The van der Waals surface area contributed by atoms with Crippen molar-refractivity contribution >= 4 is 46.1 Å². The number of thiophene rings is 1. The first-order valence-corrected chi connectivity index (χ1v) is 11.1. The molecule has 0 spiro atoms. The van der Waals surface area contributed by atoms with Gasteiger partial charge in [0.1, 0.15) is 6.33 Å². The van der Waals surface area contributed by atoms with Gasteiger partial charge in [-0.3, -0.25) is 9.36 Å². The van der Waals surface area contributed by atoms with Crippen molar-refractivity contribution in [2.75, 3.05) is 5.32 Å². The number of nitrogens with one attached hydrogen (secondary N) is 1. The number of hydrogen-bond donors (Lipinski definition) is 1. The molecule has 0 radical (unpaired) electrons. The fourth-order valence-corrected chi connectivity index (χ4v) is 4.98. The normalized spacial score (nSPS) is 12.9. The van der Waals surface area contributed by atoms with E-state index in [-0.39, 0.29) is 21.7 Å². The number of carbonyl (C=O) groups is 1. The lowest BCUT2D eigenvalue weighted by Crippen LogP contribution is -2.21. The molecule has 0 aliphatic heterocycles. The highest BCUT2D eigenvalue weighted by Crippen LogP contribution is 2.38. The largest absolute Gasteiger partial charge is 0.434 e. The maximum atomic E-state index is 14.0. The Morgan fingerprint density at radius 2 is 1.84 bits per heavy atom. The van der Waals surface area contributed by atoms with E-state index in [1.54, 1.807) is 11.4 Å². The fourth-order valence-electron chi connectivity index (χ4n) is 3.48. The third-order valence-corrected chi connectivity index (χ3v) is 6.40. The second-order valence-corrected chi connectivity index (χ2v) is 9.33. The molecule has 1 unspecified atom stereocenters. The molecule has 0 aliphatic carbocycles. The van der Waals surface area contributed by atoms with Gasteiger partial charge in [0.2, 0.25) is 0 Å². The number of imidazole rings is 1. The number of carbonyl (C=O) groups excluding carboxylic acids is 1. The van der Waals surface area contributed by atoms with Gasteiger partial charge in [0.05, 0.1) is 21.4 Å². The summed E-state index contributed by atoms with van der Waals surface area (Å²) in [5, 5.41) is 4.41. The topological polar surface area (TPSA) is 46.9 Å². The smallest absolute Gasteiger partial charge is 0.320 e. The summed E-state index contributed by atoms with van der Waals surface area (Å²) in [6.45, 7) is 6.20. The zero-order valence-electron chi connectivity index (χ0n) is 16.9. The van der Waals surface area contributed by atoms with Crippen molar-refractivity contribution in [1.82, 2.24) is 9.55 Å². The van der Waals surface area contributed by atoms with Gasteiger partial charge in [0, 0.05) is 4.88 Å². The summed E-state index contributed by atoms with van der Waals surface area (Å²) in [7, 11) is 0. The van der Waals surface area contributed by atoms with Gasteiger partial charge < -0.3 is 5.32 Å². The van der Waals surface area contributed by atoms with E-state index in [2.05, 4.69) is 24.1 Å². The van der Waals surface area contributed by atoms with Crippen LogP contribution in [0.2, 0.25) is 10.0 Å². The molecule has 3 rings (SSSR count). The third kappa shape index (κ3) is 5.07. The Morgan fingerprint density at radius 1 is 1.19 bits per heavy atom. The second-order valence-electron chi connectivity index (χ2n) is 7.56. The van der Waals surface area contributed by atoms with Crippen LogP contribution in [0.5, 0.6) is 0 Å². The quantitative estimate of drug-likeness (QED) is 0.386. The highest BCUT2D eigenvalue weighted by molar-refractivity contribution is 7.10. The molecule has 1 atom stereocenters. The number of rotatable bonds is 6. The third-order valence-electron chi connectivity index (χ3n) is 4.65. The minimum atomic E-state index is -4.87. The van der Waals surface area contributed by atoms with Gasteiger partial charge in [-0.2, -0.15) is 13.2 Å². The first-order valence-electron chi connectivity index (χ1n) is 9.48. The van der Waals surface area contributed by atoms with Crippen molar-refractivity contribution in [3.05, 3.63) is 62.3 Å². The van der Waals surface area contributed by atoms with Gasteiger partial charge in [-0.1, -0.05) is 50.0 Å². The Hall–Kier alpha value is -2.03. The Balaban J connectivity index is 2.01. The molecular formula is C21H20Cl2F3N3OS. The summed E-state index contributed by atoms with van der Waals surface area (Å²) < 4.78 is 42.6. The Kier molecular flexibility index (Phi) is 7.03. The number of hydrogen-bond acceptors (Lipinski definition) is 3. The number of aromatic nitrogens is 2. The molecule has 0 saturated carbocycles. The van der Waals surface area contributed by atoms with Gasteiger partial charge >= 0.3 is 6.18 Å². The average Bonchev–Trinajstić information content (AvgIpc) is 3.27. The van der Waals surface area contributed by atoms with Gasteiger partial charge in [-0.25, -0.2) is 4.98 Å². The van der Waals surface area contributed by atoms with Crippen LogP contribution in [-0.2, 0) is 6.18 Å². The molecule has 1 aromatic carbocycles. The zero-order chi connectivity index (χ0) is 22.9. The Bertz CT molecular complexity index is 1070. The van der Waals surface area contributed by atoms with Crippen molar-refractivity contribution < 1.29 is 18.0 Å². The number of halogens is 5. The minimum absolute atomic E-state index is 0.00462. The highest BCUT2D eigenvalue weighted by Gasteiger charge is 2.41. The van der Waals surface area contributed by atoms with E-state index in [1.165, 1.54) is 29.5 Å². The van der Waals surface area contributed by atoms with Crippen LogP contribution in [0.15, 0.2) is 36.0 Å². The van der Waals surface area contributed by atoms with Crippen LogP contribution in [0.1, 0.15) is 54.2 Å². The van der Waals surface area contributed by atoms with E-state index in [1.807, 2.05) is 6.92 Å². The summed E-state index contributed by atoms with van der Waals surface area (Å²) in [5.74, 6) is -0.365. The predicted molar refractivity (Wildman–Crippen MR) is 119 cm³/mol. The van der Waals surface area contributed by atoms with Crippen LogP contribution in [-0.4, -0.2) is 15.5 Å². The molecular weight excluding hydrogens is 470 g/mol. The van der Waals surface area contributed by atoms with Crippen molar-refractivity contribution in [3.8, 4) is 5.69 Å². The summed E-state index contributed by atoms with van der Waals surface area (Å²) in [4.78, 5) is 17.5. The molecule has 0 fully saturated rings. The van der Waals surface area contributed by atoms with E-state index < -0.39 is 23.5 Å².